The number of morpholine rings is 1. The molecule has 3 fully saturated rings. The van der Waals surface area contributed by atoms with Crippen LogP contribution in [-0.4, -0.2) is 100 Å². The molecule has 0 aliphatic carbocycles. The average Bonchev–Trinajstić information content (AvgIpc) is 3.59. The van der Waals surface area contributed by atoms with Crippen LogP contribution in [0.25, 0.3) is 27.2 Å². The number of imidazole rings is 1. The Hall–Kier alpha value is -3.12. The highest BCUT2D eigenvalue weighted by Gasteiger charge is 2.30. The lowest BCUT2D eigenvalue weighted by Gasteiger charge is -2.40. The number of nitrogens with zero attached hydrogens (tertiary/aromatic N) is 7. The van der Waals surface area contributed by atoms with Gasteiger partial charge in [0.25, 0.3) is 0 Å². The molecule has 0 atom stereocenters. The third kappa shape index (κ3) is 4.85. The maximum absolute atomic E-state index is 13.2. The number of aryl methyl sites for hydroxylation is 1. The molecular weight excluding hydrogens is 526 g/mol. The average molecular weight is 562 g/mol. The van der Waals surface area contributed by atoms with Crippen molar-refractivity contribution in [2.45, 2.75) is 38.8 Å². The number of carbonyl (C=O) groups excluding carboxylic acids is 1. The van der Waals surface area contributed by atoms with Crippen molar-refractivity contribution in [2.75, 3.05) is 64.1 Å². The molecule has 1 aromatic carbocycles. The van der Waals surface area contributed by atoms with E-state index < -0.39 is 0 Å². The first-order valence-electron chi connectivity index (χ1n) is 14.4. The standard InChI is InChI=1S/C29H35N7O3S/c1-2-25-30-22-5-3-4-6-24(22)36(25)29-31-23-17-21(40-27(23)28(32-29)33-11-15-39-16-12-33)18-35-10-9-34(19-26(35)37)20-7-13-38-14-8-20/h3-6,17,20H,2,7-16,18-19H2,1H3. The monoisotopic (exact) mass is 561 g/mol. The van der Waals surface area contributed by atoms with Crippen LogP contribution in [0.1, 0.15) is 30.5 Å². The lowest BCUT2D eigenvalue weighted by molar-refractivity contribution is -0.138. The van der Waals surface area contributed by atoms with Crippen LogP contribution in [0.4, 0.5) is 5.82 Å². The van der Waals surface area contributed by atoms with Crippen molar-refractivity contribution in [2.24, 2.45) is 0 Å². The highest BCUT2D eigenvalue weighted by molar-refractivity contribution is 7.19. The van der Waals surface area contributed by atoms with E-state index in [1.165, 1.54) is 0 Å². The molecule has 0 unspecified atom stereocenters. The number of amides is 1. The number of aromatic nitrogens is 4. The van der Waals surface area contributed by atoms with Gasteiger partial charge in [0.2, 0.25) is 11.9 Å². The van der Waals surface area contributed by atoms with Gasteiger partial charge in [0, 0.05) is 56.7 Å². The fraction of sp³-hybridized carbons (Fsp3) is 0.517. The van der Waals surface area contributed by atoms with Crippen molar-refractivity contribution in [3.63, 3.8) is 0 Å². The predicted molar refractivity (Wildman–Crippen MR) is 155 cm³/mol. The summed E-state index contributed by atoms with van der Waals surface area (Å²) in [5.41, 5.74) is 2.87. The van der Waals surface area contributed by atoms with Gasteiger partial charge in [0.1, 0.15) is 5.82 Å². The SMILES string of the molecule is CCc1nc2ccccc2n1-c1nc(N2CCOCC2)c2sc(CN3CCN(C4CCOCC4)CC3=O)cc2n1. The summed E-state index contributed by atoms with van der Waals surface area (Å²) in [6.07, 6.45) is 2.81. The molecule has 40 heavy (non-hydrogen) atoms. The molecular formula is C29H35N7O3S. The molecule has 0 saturated carbocycles. The second kappa shape index (κ2) is 11.0. The van der Waals surface area contributed by atoms with E-state index in [-0.39, 0.29) is 5.91 Å². The third-order valence-electron chi connectivity index (χ3n) is 8.25. The summed E-state index contributed by atoms with van der Waals surface area (Å²) in [6, 6.07) is 10.8. The van der Waals surface area contributed by atoms with Crippen LogP contribution in [0.5, 0.6) is 0 Å². The van der Waals surface area contributed by atoms with Gasteiger partial charge in [0.15, 0.2) is 5.82 Å². The molecule has 0 spiro atoms. The first-order chi connectivity index (χ1) is 19.7. The number of hydrogen-bond acceptors (Lipinski definition) is 9. The molecule has 7 rings (SSSR count). The second-order valence-electron chi connectivity index (χ2n) is 10.7. The van der Waals surface area contributed by atoms with Gasteiger partial charge in [-0.15, -0.1) is 11.3 Å². The van der Waals surface area contributed by atoms with Gasteiger partial charge >= 0.3 is 0 Å². The summed E-state index contributed by atoms with van der Waals surface area (Å²) < 4.78 is 14.3. The highest BCUT2D eigenvalue weighted by atomic mass is 32.1. The van der Waals surface area contributed by atoms with E-state index in [2.05, 4.69) is 33.4 Å². The Balaban J connectivity index is 1.22. The highest BCUT2D eigenvalue weighted by Crippen LogP contribution is 2.35. The molecule has 3 saturated heterocycles. The Morgan fingerprint density at radius 2 is 1.75 bits per heavy atom. The molecule has 6 heterocycles. The molecule has 0 bridgehead atoms. The Morgan fingerprint density at radius 3 is 2.55 bits per heavy atom. The Labute approximate surface area is 237 Å². The van der Waals surface area contributed by atoms with E-state index in [9.17, 15) is 4.79 Å². The Bertz CT molecular complexity index is 1520. The summed E-state index contributed by atoms with van der Waals surface area (Å²) in [6.45, 7) is 9.40. The fourth-order valence-electron chi connectivity index (χ4n) is 6.10. The minimum Gasteiger partial charge on any atom is -0.381 e. The summed E-state index contributed by atoms with van der Waals surface area (Å²) >= 11 is 1.71. The first-order valence-corrected chi connectivity index (χ1v) is 15.2. The molecule has 210 valence electrons. The third-order valence-corrected chi connectivity index (χ3v) is 9.36. The zero-order chi connectivity index (χ0) is 27.1. The quantitative estimate of drug-likeness (QED) is 0.355. The fourth-order valence-corrected chi connectivity index (χ4v) is 7.23. The van der Waals surface area contributed by atoms with Crippen LogP contribution >= 0.6 is 11.3 Å². The molecule has 3 aliphatic heterocycles. The number of piperazine rings is 1. The van der Waals surface area contributed by atoms with Gasteiger partial charge in [-0.1, -0.05) is 19.1 Å². The largest absolute Gasteiger partial charge is 0.381 e. The van der Waals surface area contributed by atoms with E-state index in [0.717, 1.165) is 96.4 Å². The topological polar surface area (TPSA) is 88.9 Å². The smallest absolute Gasteiger partial charge is 0.238 e. The number of anilines is 1. The van der Waals surface area contributed by atoms with Crippen LogP contribution in [0.2, 0.25) is 0 Å². The normalized spacial score (nSPS) is 19.8. The molecule has 1 amide bonds. The van der Waals surface area contributed by atoms with Crippen molar-refractivity contribution in [1.82, 2.24) is 29.3 Å². The zero-order valence-electron chi connectivity index (χ0n) is 22.9. The van der Waals surface area contributed by atoms with Crippen LogP contribution in [0.15, 0.2) is 30.3 Å². The molecule has 4 aromatic rings. The van der Waals surface area contributed by atoms with E-state index >= 15 is 0 Å². The number of benzene rings is 1. The van der Waals surface area contributed by atoms with Gasteiger partial charge in [-0.2, -0.15) is 4.98 Å². The molecule has 0 N–H and O–H groups in total. The molecule has 11 heteroatoms. The van der Waals surface area contributed by atoms with E-state index in [1.807, 2.05) is 23.1 Å². The van der Waals surface area contributed by atoms with E-state index in [0.29, 0.717) is 38.3 Å². The summed E-state index contributed by atoms with van der Waals surface area (Å²) in [5, 5.41) is 0. The molecule has 3 aromatic heterocycles. The van der Waals surface area contributed by atoms with Crippen molar-refractivity contribution < 1.29 is 14.3 Å². The number of fused-ring (bicyclic) bond motifs is 2. The number of rotatable bonds is 6. The molecule has 3 aliphatic rings. The number of para-hydroxylation sites is 2. The number of hydrogen-bond donors (Lipinski definition) is 0. The van der Waals surface area contributed by atoms with E-state index in [1.54, 1.807) is 11.3 Å². The van der Waals surface area contributed by atoms with Gasteiger partial charge in [-0.3, -0.25) is 14.3 Å². The van der Waals surface area contributed by atoms with Crippen LogP contribution in [0, 0.1) is 0 Å². The lowest BCUT2D eigenvalue weighted by Crippen LogP contribution is -2.54. The lowest BCUT2D eigenvalue weighted by atomic mass is 10.1. The minimum atomic E-state index is 0.202. The first kappa shape index (κ1) is 25.8. The van der Waals surface area contributed by atoms with Crippen LogP contribution < -0.4 is 4.90 Å². The van der Waals surface area contributed by atoms with Crippen molar-refractivity contribution in [1.29, 1.82) is 0 Å². The summed E-state index contributed by atoms with van der Waals surface area (Å²) in [4.78, 5) is 36.1. The van der Waals surface area contributed by atoms with Crippen LogP contribution in [-0.2, 0) is 27.2 Å². The maximum atomic E-state index is 13.2. The summed E-state index contributed by atoms with van der Waals surface area (Å²) in [7, 11) is 0. The van der Waals surface area contributed by atoms with Crippen LogP contribution in [0.3, 0.4) is 0 Å². The Morgan fingerprint density at radius 1 is 0.950 bits per heavy atom. The molecule has 0 radical (unpaired) electrons. The number of thiophene rings is 1. The van der Waals surface area contributed by atoms with Crippen molar-refractivity contribution in [3.05, 3.63) is 41.0 Å². The number of ether oxygens (including phenoxy) is 2. The maximum Gasteiger partial charge on any atom is 0.238 e. The zero-order valence-corrected chi connectivity index (χ0v) is 23.7. The minimum absolute atomic E-state index is 0.202. The van der Waals surface area contributed by atoms with Gasteiger partial charge in [-0.25, -0.2) is 9.97 Å². The van der Waals surface area contributed by atoms with E-state index in [4.69, 9.17) is 24.4 Å². The molecule has 10 nitrogen and oxygen atoms in total. The second-order valence-corrected chi connectivity index (χ2v) is 11.8. The van der Waals surface area contributed by atoms with Crippen molar-refractivity contribution in [3.8, 4) is 5.95 Å². The predicted octanol–water partition coefficient (Wildman–Crippen LogP) is 3.25. The van der Waals surface area contributed by atoms with Gasteiger partial charge < -0.3 is 19.3 Å². The summed E-state index contributed by atoms with van der Waals surface area (Å²) in [5.74, 6) is 2.73. The van der Waals surface area contributed by atoms with Gasteiger partial charge in [-0.05, 0) is 31.0 Å². The van der Waals surface area contributed by atoms with Gasteiger partial charge in [0.05, 0.1) is 47.6 Å². The Kier molecular flexibility index (Phi) is 7.13. The number of carbonyl (C=O) groups is 1. The van der Waals surface area contributed by atoms with Crippen molar-refractivity contribution >= 4 is 44.3 Å².